The molecule has 1 amide bonds. The molecule has 1 aromatic heterocycles. The van der Waals surface area contributed by atoms with Gasteiger partial charge in [-0.1, -0.05) is 6.92 Å². The van der Waals surface area contributed by atoms with E-state index in [2.05, 4.69) is 17.2 Å². The van der Waals surface area contributed by atoms with Crippen LogP contribution in [-0.4, -0.2) is 24.0 Å². The lowest BCUT2D eigenvalue weighted by molar-refractivity contribution is -0.114. The van der Waals surface area contributed by atoms with Crippen molar-refractivity contribution < 1.29 is 14.3 Å². The average Bonchev–Trinajstić information content (AvgIpc) is 2.64. The summed E-state index contributed by atoms with van der Waals surface area (Å²) in [5, 5.41) is 2.74. The molecule has 0 aliphatic carbocycles. The van der Waals surface area contributed by atoms with E-state index >= 15 is 0 Å². The lowest BCUT2D eigenvalue weighted by Crippen LogP contribution is -2.14. The molecule has 2 heterocycles. The number of aromatic nitrogens is 1. The molecule has 144 valence electrons. The van der Waals surface area contributed by atoms with Crippen LogP contribution in [0.25, 0.3) is 11.1 Å². The molecule has 3 rings (SSSR count). The maximum absolute atomic E-state index is 11.3. The average molecular weight is 369 g/mol. The van der Waals surface area contributed by atoms with Gasteiger partial charge in [-0.25, -0.2) is 4.98 Å². The topological polar surface area (TPSA) is 86.5 Å². The monoisotopic (exact) mass is 369 g/mol. The number of hydrogen-bond donors (Lipinski definition) is 2. The summed E-state index contributed by atoms with van der Waals surface area (Å²) in [6.45, 7) is 6.98. The highest BCUT2D eigenvalue weighted by Crippen LogP contribution is 2.44. The number of carbonyl (C=O) groups is 1. The molecule has 1 aliphatic rings. The fraction of sp³-hybridized carbons (Fsp3) is 0.429. The highest BCUT2D eigenvalue weighted by atomic mass is 16.5. The molecule has 0 fully saturated rings. The van der Waals surface area contributed by atoms with Gasteiger partial charge in [0, 0.05) is 30.3 Å². The smallest absolute Gasteiger partial charge is 0.222 e. The number of hydrogen-bond acceptors (Lipinski definition) is 5. The van der Waals surface area contributed by atoms with Crippen LogP contribution in [0.4, 0.5) is 5.82 Å². The minimum Gasteiger partial charge on any atom is -0.493 e. The van der Waals surface area contributed by atoms with Gasteiger partial charge in [0.1, 0.15) is 23.4 Å². The van der Waals surface area contributed by atoms with Crippen molar-refractivity contribution in [3.05, 3.63) is 36.0 Å². The van der Waals surface area contributed by atoms with Gasteiger partial charge in [-0.05, 0) is 56.0 Å². The van der Waals surface area contributed by atoms with Gasteiger partial charge in [0.15, 0.2) is 0 Å². The quantitative estimate of drug-likeness (QED) is 0.723. The Labute approximate surface area is 160 Å². The standard InChI is InChI=1S/C21H27N3O3/c1-13(11-22)5-4-8-26-16-6-7-17-18-10-21(24-15(3)25)23-12-19(18)14(2)27-20(17)9-16/h6-7,9-10,12-14H,4-5,8,11,22H2,1-3H3,(H,23,24,25). The summed E-state index contributed by atoms with van der Waals surface area (Å²) in [6.07, 6.45) is 3.67. The molecule has 27 heavy (non-hydrogen) atoms. The van der Waals surface area contributed by atoms with E-state index in [1.54, 1.807) is 6.20 Å². The van der Waals surface area contributed by atoms with Crippen molar-refractivity contribution in [1.29, 1.82) is 0 Å². The highest BCUT2D eigenvalue weighted by Gasteiger charge is 2.24. The van der Waals surface area contributed by atoms with Gasteiger partial charge in [-0.2, -0.15) is 0 Å². The van der Waals surface area contributed by atoms with Crippen molar-refractivity contribution in [3.8, 4) is 22.6 Å². The van der Waals surface area contributed by atoms with Crippen LogP contribution in [0.3, 0.4) is 0 Å². The number of nitrogens with zero attached hydrogens (tertiary/aromatic N) is 1. The number of nitrogens with two attached hydrogens (primary N) is 1. The lowest BCUT2D eigenvalue weighted by atomic mass is 9.95. The summed E-state index contributed by atoms with van der Waals surface area (Å²) in [5.74, 6) is 2.49. The number of carbonyl (C=O) groups excluding carboxylic acids is 1. The number of pyridine rings is 1. The Hall–Kier alpha value is -2.60. The number of anilines is 1. The van der Waals surface area contributed by atoms with E-state index in [9.17, 15) is 4.79 Å². The van der Waals surface area contributed by atoms with Gasteiger partial charge in [0.25, 0.3) is 0 Å². The Morgan fingerprint density at radius 2 is 2.19 bits per heavy atom. The van der Waals surface area contributed by atoms with Crippen molar-refractivity contribution in [2.45, 2.75) is 39.7 Å². The number of benzene rings is 1. The van der Waals surface area contributed by atoms with Gasteiger partial charge in [0.2, 0.25) is 5.91 Å². The first kappa shape index (κ1) is 19.2. The molecule has 6 heteroatoms. The third-order valence-electron chi connectivity index (χ3n) is 4.74. The first-order valence-corrected chi connectivity index (χ1v) is 9.39. The molecule has 1 aromatic carbocycles. The molecule has 0 bridgehead atoms. The first-order chi connectivity index (χ1) is 13.0. The van der Waals surface area contributed by atoms with Crippen molar-refractivity contribution in [2.24, 2.45) is 11.7 Å². The van der Waals surface area contributed by atoms with Gasteiger partial charge in [-0.3, -0.25) is 4.79 Å². The maximum atomic E-state index is 11.3. The minimum absolute atomic E-state index is 0.118. The predicted octanol–water partition coefficient (Wildman–Crippen LogP) is 3.91. The van der Waals surface area contributed by atoms with E-state index in [4.69, 9.17) is 15.2 Å². The van der Waals surface area contributed by atoms with Crippen molar-refractivity contribution in [1.82, 2.24) is 4.98 Å². The second-order valence-corrected chi connectivity index (χ2v) is 7.09. The molecule has 2 unspecified atom stereocenters. The van der Waals surface area contributed by atoms with Crippen LogP contribution in [0.5, 0.6) is 11.5 Å². The number of fused-ring (bicyclic) bond motifs is 3. The molecule has 2 atom stereocenters. The Morgan fingerprint density at radius 3 is 2.93 bits per heavy atom. The van der Waals surface area contributed by atoms with Gasteiger partial charge in [-0.15, -0.1) is 0 Å². The molecule has 0 saturated heterocycles. The third-order valence-corrected chi connectivity index (χ3v) is 4.74. The fourth-order valence-electron chi connectivity index (χ4n) is 3.18. The Kier molecular flexibility index (Phi) is 5.96. The minimum atomic E-state index is -0.143. The summed E-state index contributed by atoms with van der Waals surface area (Å²) >= 11 is 0. The van der Waals surface area contributed by atoms with E-state index in [1.807, 2.05) is 31.2 Å². The Morgan fingerprint density at radius 1 is 1.37 bits per heavy atom. The van der Waals surface area contributed by atoms with Gasteiger partial charge < -0.3 is 20.5 Å². The van der Waals surface area contributed by atoms with Crippen LogP contribution in [0.2, 0.25) is 0 Å². The highest BCUT2D eigenvalue weighted by molar-refractivity contribution is 5.89. The molecule has 0 saturated carbocycles. The van der Waals surface area contributed by atoms with E-state index in [0.717, 1.165) is 41.0 Å². The molecule has 0 radical (unpaired) electrons. The molecule has 2 aromatic rings. The maximum Gasteiger partial charge on any atom is 0.222 e. The van der Waals surface area contributed by atoms with E-state index in [1.165, 1.54) is 6.92 Å². The second-order valence-electron chi connectivity index (χ2n) is 7.09. The third kappa shape index (κ3) is 4.57. The molecular formula is C21H27N3O3. The van der Waals surface area contributed by atoms with E-state index in [-0.39, 0.29) is 12.0 Å². The molecule has 0 spiro atoms. The van der Waals surface area contributed by atoms with Crippen molar-refractivity contribution >= 4 is 11.7 Å². The molecule has 6 nitrogen and oxygen atoms in total. The summed E-state index contributed by atoms with van der Waals surface area (Å²) in [5.41, 5.74) is 8.64. The van der Waals surface area contributed by atoms with E-state index < -0.39 is 0 Å². The number of rotatable bonds is 7. The zero-order valence-corrected chi connectivity index (χ0v) is 16.1. The van der Waals surface area contributed by atoms with Gasteiger partial charge in [0.05, 0.1) is 6.61 Å². The van der Waals surface area contributed by atoms with Crippen LogP contribution in [0, 0.1) is 5.92 Å². The summed E-state index contributed by atoms with van der Waals surface area (Å²) in [6, 6.07) is 7.77. The SMILES string of the molecule is CC(=O)Nc1cc2c(cn1)C(C)Oc1cc(OCCCC(C)CN)ccc1-2. The normalized spacial score (nSPS) is 15.9. The molecular weight excluding hydrogens is 342 g/mol. The Bertz CT molecular complexity index is 822. The Balaban J connectivity index is 1.77. The summed E-state index contributed by atoms with van der Waals surface area (Å²) < 4.78 is 11.9. The van der Waals surface area contributed by atoms with Crippen LogP contribution in [-0.2, 0) is 4.79 Å². The van der Waals surface area contributed by atoms with Crippen LogP contribution >= 0.6 is 0 Å². The first-order valence-electron chi connectivity index (χ1n) is 9.39. The lowest BCUT2D eigenvalue weighted by Gasteiger charge is -2.27. The largest absolute Gasteiger partial charge is 0.493 e. The molecule has 1 aliphatic heterocycles. The fourth-order valence-corrected chi connectivity index (χ4v) is 3.18. The number of amides is 1. The van der Waals surface area contributed by atoms with Gasteiger partial charge >= 0.3 is 0 Å². The molecule has 3 N–H and O–H groups in total. The number of ether oxygens (including phenoxy) is 2. The summed E-state index contributed by atoms with van der Waals surface area (Å²) in [4.78, 5) is 15.6. The van der Waals surface area contributed by atoms with Crippen molar-refractivity contribution in [3.63, 3.8) is 0 Å². The van der Waals surface area contributed by atoms with Crippen LogP contribution in [0.1, 0.15) is 45.3 Å². The van der Waals surface area contributed by atoms with E-state index in [0.29, 0.717) is 24.9 Å². The van der Waals surface area contributed by atoms with Crippen molar-refractivity contribution in [2.75, 3.05) is 18.5 Å². The number of nitrogens with one attached hydrogen (secondary N) is 1. The van der Waals surface area contributed by atoms with Crippen LogP contribution < -0.4 is 20.5 Å². The second kappa shape index (κ2) is 8.39. The summed E-state index contributed by atoms with van der Waals surface area (Å²) in [7, 11) is 0. The predicted molar refractivity (Wildman–Crippen MR) is 106 cm³/mol. The van der Waals surface area contributed by atoms with Crippen LogP contribution in [0.15, 0.2) is 30.5 Å². The zero-order valence-electron chi connectivity index (χ0n) is 16.1. The zero-order chi connectivity index (χ0) is 19.4.